The highest BCUT2D eigenvalue weighted by Crippen LogP contribution is 2.22. The van der Waals surface area contributed by atoms with Crippen LogP contribution >= 0.6 is 11.8 Å². The van der Waals surface area contributed by atoms with Crippen molar-refractivity contribution in [2.75, 3.05) is 6.26 Å². The number of rotatable bonds is 4. The van der Waals surface area contributed by atoms with Crippen LogP contribution in [0.15, 0.2) is 29.2 Å². The summed E-state index contributed by atoms with van der Waals surface area (Å²) in [5.74, 6) is 1.61. The first-order valence-electron chi connectivity index (χ1n) is 7.74. The summed E-state index contributed by atoms with van der Waals surface area (Å²) in [7, 11) is 0. The van der Waals surface area contributed by atoms with Gasteiger partial charge in [-0.15, -0.1) is 11.8 Å². The molecule has 0 fully saturated rings. The Labute approximate surface area is 140 Å². The van der Waals surface area contributed by atoms with Gasteiger partial charge in [0.05, 0.1) is 6.04 Å². The van der Waals surface area contributed by atoms with E-state index in [1.807, 2.05) is 30.0 Å². The third-order valence-electron chi connectivity index (χ3n) is 3.90. The lowest BCUT2D eigenvalue weighted by molar-refractivity contribution is 0.232. The van der Waals surface area contributed by atoms with Gasteiger partial charge in [-0.3, -0.25) is 0 Å². The van der Waals surface area contributed by atoms with Crippen molar-refractivity contribution in [3.63, 3.8) is 0 Å². The van der Waals surface area contributed by atoms with Crippen LogP contribution in [0.5, 0.6) is 0 Å². The first-order chi connectivity index (χ1) is 11.2. The molecule has 0 spiro atoms. The minimum Gasteiger partial charge on any atom is -0.334 e. The van der Waals surface area contributed by atoms with Crippen LogP contribution in [0.4, 0.5) is 4.79 Å². The van der Waals surface area contributed by atoms with Gasteiger partial charge in [-0.1, -0.05) is 12.1 Å². The van der Waals surface area contributed by atoms with Gasteiger partial charge < -0.3 is 10.6 Å². The maximum absolute atomic E-state index is 12.1. The van der Waals surface area contributed by atoms with Crippen LogP contribution in [-0.4, -0.2) is 27.1 Å². The fraction of sp³-hybridized carbons (Fsp3) is 0.438. The van der Waals surface area contributed by atoms with Gasteiger partial charge in [0.25, 0.3) is 0 Å². The van der Waals surface area contributed by atoms with Gasteiger partial charge >= 0.3 is 6.03 Å². The standard InChI is InChI=1S/C16H21N5OS/c1-11-18-15-14(4-3-9-21(15)20-11)19-16(22)17-10-12-5-7-13(23-2)8-6-12/h5-8,14H,3-4,9-10H2,1-2H3,(H2,17,19,22)/t14-/m1/s1. The predicted octanol–water partition coefficient (Wildman–Crippen LogP) is 2.64. The molecule has 1 aliphatic rings. The summed E-state index contributed by atoms with van der Waals surface area (Å²) in [4.78, 5) is 17.8. The number of hydrogen-bond acceptors (Lipinski definition) is 4. The van der Waals surface area contributed by atoms with Crippen molar-refractivity contribution >= 4 is 17.8 Å². The van der Waals surface area contributed by atoms with Crippen LogP contribution in [-0.2, 0) is 13.1 Å². The van der Waals surface area contributed by atoms with E-state index in [4.69, 9.17) is 0 Å². The third kappa shape index (κ3) is 3.85. The predicted molar refractivity (Wildman–Crippen MR) is 90.3 cm³/mol. The Kier molecular flexibility index (Phi) is 4.85. The highest BCUT2D eigenvalue weighted by Gasteiger charge is 2.24. The number of hydrogen-bond donors (Lipinski definition) is 2. The van der Waals surface area contributed by atoms with E-state index < -0.39 is 0 Å². The van der Waals surface area contributed by atoms with Crippen molar-refractivity contribution in [3.05, 3.63) is 41.5 Å². The summed E-state index contributed by atoms with van der Waals surface area (Å²) >= 11 is 1.71. The van der Waals surface area contributed by atoms with E-state index in [0.717, 1.165) is 36.6 Å². The largest absolute Gasteiger partial charge is 0.334 e. The molecule has 0 saturated heterocycles. The maximum atomic E-state index is 12.1. The molecule has 2 heterocycles. The molecule has 0 bridgehead atoms. The van der Waals surface area contributed by atoms with E-state index in [2.05, 4.69) is 32.8 Å². The van der Waals surface area contributed by atoms with E-state index in [1.165, 1.54) is 4.90 Å². The lowest BCUT2D eigenvalue weighted by Gasteiger charge is -2.23. The lowest BCUT2D eigenvalue weighted by Crippen LogP contribution is -2.39. The second-order valence-corrected chi connectivity index (χ2v) is 6.49. The van der Waals surface area contributed by atoms with Crippen molar-refractivity contribution < 1.29 is 4.79 Å². The molecule has 1 aliphatic heterocycles. The third-order valence-corrected chi connectivity index (χ3v) is 4.64. The molecule has 122 valence electrons. The number of fused-ring (bicyclic) bond motifs is 1. The molecule has 1 atom stereocenters. The topological polar surface area (TPSA) is 71.8 Å². The molecule has 2 aromatic rings. The van der Waals surface area contributed by atoms with Crippen LogP contribution in [0, 0.1) is 6.92 Å². The Morgan fingerprint density at radius 1 is 1.39 bits per heavy atom. The fourth-order valence-electron chi connectivity index (χ4n) is 2.74. The van der Waals surface area contributed by atoms with E-state index in [1.54, 1.807) is 11.8 Å². The van der Waals surface area contributed by atoms with Gasteiger partial charge in [0.15, 0.2) is 0 Å². The Hall–Kier alpha value is -2.02. The Morgan fingerprint density at radius 3 is 2.91 bits per heavy atom. The van der Waals surface area contributed by atoms with Crippen LogP contribution in [0.1, 0.15) is 36.1 Å². The van der Waals surface area contributed by atoms with Gasteiger partial charge in [-0.2, -0.15) is 5.10 Å². The van der Waals surface area contributed by atoms with E-state index in [9.17, 15) is 4.79 Å². The number of thioether (sulfide) groups is 1. The zero-order valence-corrected chi connectivity index (χ0v) is 14.2. The van der Waals surface area contributed by atoms with Crippen LogP contribution < -0.4 is 10.6 Å². The minimum atomic E-state index is -0.168. The average Bonchev–Trinajstić information content (AvgIpc) is 2.95. The van der Waals surface area contributed by atoms with Gasteiger partial charge in [-0.25, -0.2) is 14.5 Å². The van der Waals surface area contributed by atoms with Crippen molar-refractivity contribution in [1.29, 1.82) is 0 Å². The summed E-state index contributed by atoms with van der Waals surface area (Å²) in [5.41, 5.74) is 1.08. The molecule has 0 radical (unpaired) electrons. The van der Waals surface area contributed by atoms with E-state index in [-0.39, 0.29) is 12.1 Å². The molecule has 3 rings (SSSR count). The molecule has 1 aromatic heterocycles. The first kappa shape index (κ1) is 15.9. The molecular formula is C16H21N5OS. The van der Waals surface area contributed by atoms with Crippen LogP contribution in [0.3, 0.4) is 0 Å². The van der Waals surface area contributed by atoms with Gasteiger partial charge in [0.1, 0.15) is 11.6 Å². The van der Waals surface area contributed by atoms with Gasteiger partial charge in [0, 0.05) is 18.0 Å². The van der Waals surface area contributed by atoms with Crippen molar-refractivity contribution in [1.82, 2.24) is 25.4 Å². The number of carbonyl (C=O) groups is 1. The van der Waals surface area contributed by atoms with Crippen molar-refractivity contribution in [2.24, 2.45) is 0 Å². The number of carbonyl (C=O) groups excluding carboxylic acids is 1. The zero-order valence-electron chi connectivity index (χ0n) is 13.4. The number of benzene rings is 1. The second-order valence-electron chi connectivity index (χ2n) is 5.61. The average molecular weight is 331 g/mol. The first-order valence-corrected chi connectivity index (χ1v) is 8.97. The SMILES string of the molecule is CSc1ccc(CNC(=O)N[C@@H]2CCCn3nc(C)nc32)cc1. The summed E-state index contributed by atoms with van der Waals surface area (Å²) in [6.07, 6.45) is 3.94. The summed E-state index contributed by atoms with van der Waals surface area (Å²) in [6, 6.07) is 7.96. The number of aryl methyl sites for hydroxylation is 2. The molecule has 2 N–H and O–H groups in total. The number of aromatic nitrogens is 3. The smallest absolute Gasteiger partial charge is 0.315 e. The quantitative estimate of drug-likeness (QED) is 0.845. The Bertz CT molecular complexity index is 682. The van der Waals surface area contributed by atoms with Crippen molar-refractivity contribution in [3.8, 4) is 0 Å². The molecule has 0 saturated carbocycles. The molecule has 23 heavy (non-hydrogen) atoms. The normalized spacial score (nSPS) is 16.7. The molecule has 7 heteroatoms. The van der Waals surface area contributed by atoms with Crippen LogP contribution in [0.2, 0.25) is 0 Å². The summed E-state index contributed by atoms with van der Waals surface area (Å²) in [6.45, 7) is 3.26. The number of nitrogens with one attached hydrogen (secondary N) is 2. The number of nitrogens with zero attached hydrogens (tertiary/aromatic N) is 3. The van der Waals surface area contributed by atoms with Crippen LogP contribution in [0.25, 0.3) is 0 Å². The van der Waals surface area contributed by atoms with Gasteiger partial charge in [0.2, 0.25) is 0 Å². The monoisotopic (exact) mass is 331 g/mol. The fourth-order valence-corrected chi connectivity index (χ4v) is 3.15. The molecule has 6 nitrogen and oxygen atoms in total. The van der Waals surface area contributed by atoms with Gasteiger partial charge in [-0.05, 0) is 43.7 Å². The molecular weight excluding hydrogens is 310 g/mol. The molecule has 0 aliphatic carbocycles. The second kappa shape index (κ2) is 7.04. The highest BCUT2D eigenvalue weighted by molar-refractivity contribution is 7.98. The molecule has 0 unspecified atom stereocenters. The van der Waals surface area contributed by atoms with E-state index >= 15 is 0 Å². The number of amides is 2. The van der Waals surface area contributed by atoms with E-state index in [0.29, 0.717) is 6.54 Å². The van der Waals surface area contributed by atoms with Crippen molar-refractivity contribution in [2.45, 2.75) is 43.8 Å². The highest BCUT2D eigenvalue weighted by atomic mass is 32.2. The minimum absolute atomic E-state index is 0.0659. The Balaban J connectivity index is 1.55. The lowest BCUT2D eigenvalue weighted by atomic mass is 10.1. The number of urea groups is 1. The zero-order chi connectivity index (χ0) is 16.2. The molecule has 1 aromatic carbocycles. The summed E-state index contributed by atoms with van der Waals surface area (Å²) < 4.78 is 1.89. The summed E-state index contributed by atoms with van der Waals surface area (Å²) in [5, 5.41) is 10.3. The molecule has 2 amide bonds. The Morgan fingerprint density at radius 2 is 2.17 bits per heavy atom. The maximum Gasteiger partial charge on any atom is 0.315 e.